The number of fused-ring (bicyclic) bond motifs is 5. The molecule has 140 valence electrons. The average Bonchev–Trinajstić information content (AvgIpc) is 3.34. The highest BCUT2D eigenvalue weighted by Crippen LogP contribution is 2.47. The topological polar surface area (TPSA) is 49.8 Å². The van der Waals surface area contributed by atoms with Crippen molar-refractivity contribution in [2.75, 3.05) is 26.2 Å². The van der Waals surface area contributed by atoms with Crippen LogP contribution in [0.4, 0.5) is 0 Å². The van der Waals surface area contributed by atoms with Crippen LogP contribution in [-0.4, -0.2) is 54.2 Å². The Balaban J connectivity index is 0.00000182. The predicted molar refractivity (Wildman–Crippen MR) is 113 cm³/mol. The van der Waals surface area contributed by atoms with Crippen LogP contribution < -0.4 is 5.32 Å². The van der Waals surface area contributed by atoms with Gasteiger partial charge in [-0.1, -0.05) is 6.92 Å². The summed E-state index contributed by atoms with van der Waals surface area (Å²) in [7, 11) is 0. The summed E-state index contributed by atoms with van der Waals surface area (Å²) in [6, 6.07) is 0. The van der Waals surface area contributed by atoms with Gasteiger partial charge in [0.1, 0.15) is 0 Å². The number of halogens is 1. The first kappa shape index (κ1) is 19.4. The van der Waals surface area contributed by atoms with Crippen LogP contribution in [0.5, 0.6) is 0 Å². The Hall–Kier alpha value is -0.410. The molecule has 3 fully saturated rings. The molecule has 0 aromatic carbocycles. The van der Waals surface area contributed by atoms with Crippen LogP contribution in [-0.2, 0) is 17.6 Å². The van der Waals surface area contributed by atoms with E-state index in [4.69, 9.17) is 9.73 Å². The molecule has 3 saturated heterocycles. The molecule has 0 spiro atoms. The number of thiazole rings is 1. The second-order valence-electron chi connectivity index (χ2n) is 7.08. The Bertz CT molecular complexity index is 590. The highest BCUT2D eigenvalue weighted by molar-refractivity contribution is 14.0. The van der Waals surface area contributed by atoms with Crippen LogP contribution in [0.3, 0.4) is 0 Å². The molecule has 2 bridgehead atoms. The van der Waals surface area contributed by atoms with Gasteiger partial charge < -0.3 is 15.0 Å². The van der Waals surface area contributed by atoms with E-state index in [1.165, 1.54) is 22.7 Å². The van der Waals surface area contributed by atoms with Gasteiger partial charge in [-0.15, -0.1) is 35.3 Å². The van der Waals surface area contributed by atoms with E-state index >= 15 is 0 Å². The molecule has 4 unspecified atom stereocenters. The zero-order valence-corrected chi connectivity index (χ0v) is 18.3. The van der Waals surface area contributed by atoms with E-state index in [-0.39, 0.29) is 24.0 Å². The number of hydrogen-bond acceptors (Lipinski definition) is 4. The normalized spacial score (nSPS) is 30.5. The van der Waals surface area contributed by atoms with Crippen molar-refractivity contribution in [2.45, 2.75) is 51.7 Å². The van der Waals surface area contributed by atoms with Gasteiger partial charge in [-0.25, -0.2) is 4.98 Å². The van der Waals surface area contributed by atoms with Gasteiger partial charge in [0, 0.05) is 55.5 Å². The third-order valence-electron chi connectivity index (χ3n) is 5.62. The van der Waals surface area contributed by atoms with Gasteiger partial charge in [0.2, 0.25) is 0 Å². The molecule has 1 N–H and O–H groups in total. The highest BCUT2D eigenvalue weighted by Gasteiger charge is 2.53. The van der Waals surface area contributed by atoms with E-state index in [0.717, 1.165) is 56.8 Å². The van der Waals surface area contributed by atoms with Crippen molar-refractivity contribution in [2.24, 2.45) is 16.8 Å². The van der Waals surface area contributed by atoms with Gasteiger partial charge in [0.25, 0.3) is 0 Å². The zero-order valence-electron chi connectivity index (χ0n) is 15.1. The summed E-state index contributed by atoms with van der Waals surface area (Å²) in [5.41, 5.74) is 0. The highest BCUT2D eigenvalue weighted by atomic mass is 127. The minimum Gasteiger partial charge on any atom is -0.374 e. The fourth-order valence-corrected chi connectivity index (χ4v) is 5.29. The molecule has 0 radical (unpaired) electrons. The van der Waals surface area contributed by atoms with Gasteiger partial charge in [-0.05, 0) is 26.2 Å². The zero-order chi connectivity index (χ0) is 16.5. The van der Waals surface area contributed by atoms with E-state index in [1.807, 2.05) is 17.5 Å². The molecule has 3 aliphatic rings. The number of hydrogen-bond donors (Lipinski definition) is 1. The first-order chi connectivity index (χ1) is 11.8. The number of likely N-dealkylation sites (tertiary alicyclic amines) is 1. The Morgan fingerprint density at radius 1 is 1.32 bits per heavy atom. The SMILES string of the molecule is CCNC(=NCCc1ncc(CC)s1)N1CC2C3CCC(O3)C2C1.I. The molecule has 5 nitrogen and oxygen atoms in total. The van der Waals surface area contributed by atoms with E-state index in [1.54, 1.807) is 0 Å². The number of guanidine groups is 1. The molecule has 1 aromatic rings. The smallest absolute Gasteiger partial charge is 0.193 e. The summed E-state index contributed by atoms with van der Waals surface area (Å²) in [6.45, 7) is 8.27. The summed E-state index contributed by atoms with van der Waals surface area (Å²) in [5, 5.41) is 4.69. The molecule has 4 heterocycles. The van der Waals surface area contributed by atoms with Gasteiger partial charge >= 0.3 is 0 Å². The second kappa shape index (κ2) is 8.52. The van der Waals surface area contributed by atoms with Gasteiger partial charge in [0.05, 0.1) is 17.2 Å². The maximum Gasteiger partial charge on any atom is 0.193 e. The molecule has 0 aliphatic carbocycles. The molecule has 7 heteroatoms. The van der Waals surface area contributed by atoms with Crippen molar-refractivity contribution in [1.82, 2.24) is 15.2 Å². The molecule has 1 aromatic heterocycles. The minimum atomic E-state index is 0. The van der Waals surface area contributed by atoms with Crippen molar-refractivity contribution in [1.29, 1.82) is 0 Å². The second-order valence-corrected chi connectivity index (χ2v) is 8.28. The standard InChI is InChI=1S/C18H28N4OS.HI/c1-3-12-9-21-17(24-12)7-8-20-18(19-4-2)22-10-13-14(11-22)16-6-5-15(13)23-16;/h9,13-16H,3-8,10-11H2,1-2H3,(H,19,20);1H. The van der Waals surface area contributed by atoms with E-state index in [2.05, 4.69) is 29.0 Å². The molecule has 0 amide bonds. The Kier molecular flexibility index (Phi) is 6.60. The van der Waals surface area contributed by atoms with Crippen molar-refractivity contribution < 1.29 is 4.74 Å². The van der Waals surface area contributed by atoms with Crippen LogP contribution >= 0.6 is 35.3 Å². The number of aliphatic imine (C=N–C) groups is 1. The Labute approximate surface area is 171 Å². The maximum atomic E-state index is 6.09. The number of aryl methyl sites for hydroxylation is 1. The number of nitrogens with zero attached hydrogens (tertiary/aromatic N) is 3. The van der Waals surface area contributed by atoms with Crippen LogP contribution in [0, 0.1) is 11.8 Å². The summed E-state index contributed by atoms with van der Waals surface area (Å²) in [4.78, 5) is 13.2. The lowest BCUT2D eigenvalue weighted by atomic mass is 9.82. The number of ether oxygens (including phenoxy) is 1. The lowest BCUT2D eigenvalue weighted by Gasteiger charge is -2.23. The molecular weight excluding hydrogens is 447 g/mol. The van der Waals surface area contributed by atoms with Crippen LogP contribution in [0.15, 0.2) is 11.2 Å². The Morgan fingerprint density at radius 2 is 2.04 bits per heavy atom. The number of aromatic nitrogens is 1. The third-order valence-corrected chi connectivity index (χ3v) is 6.83. The van der Waals surface area contributed by atoms with E-state index in [0.29, 0.717) is 12.2 Å². The van der Waals surface area contributed by atoms with Crippen molar-refractivity contribution in [3.05, 3.63) is 16.1 Å². The molecule has 0 saturated carbocycles. The van der Waals surface area contributed by atoms with Gasteiger partial charge in [0.15, 0.2) is 5.96 Å². The first-order valence-electron chi connectivity index (χ1n) is 9.40. The Morgan fingerprint density at radius 3 is 2.64 bits per heavy atom. The summed E-state index contributed by atoms with van der Waals surface area (Å²) < 4.78 is 6.09. The summed E-state index contributed by atoms with van der Waals surface area (Å²) >= 11 is 1.82. The molecule has 25 heavy (non-hydrogen) atoms. The minimum absolute atomic E-state index is 0. The summed E-state index contributed by atoms with van der Waals surface area (Å²) in [6.07, 6.45) is 7.56. The number of nitrogens with one attached hydrogen (secondary N) is 1. The lowest BCUT2D eigenvalue weighted by molar-refractivity contribution is 0.0767. The maximum absolute atomic E-state index is 6.09. The molecular formula is C18H29IN4OS. The van der Waals surface area contributed by atoms with Gasteiger partial charge in [-0.3, -0.25) is 4.99 Å². The van der Waals surface area contributed by atoms with Crippen LogP contribution in [0.25, 0.3) is 0 Å². The molecule has 4 atom stereocenters. The van der Waals surface area contributed by atoms with Crippen LogP contribution in [0.2, 0.25) is 0 Å². The van der Waals surface area contributed by atoms with Crippen molar-refractivity contribution >= 4 is 41.3 Å². The number of rotatable bonds is 5. The predicted octanol–water partition coefficient (Wildman–Crippen LogP) is 2.94. The van der Waals surface area contributed by atoms with Crippen molar-refractivity contribution in [3.8, 4) is 0 Å². The van der Waals surface area contributed by atoms with Crippen molar-refractivity contribution in [3.63, 3.8) is 0 Å². The van der Waals surface area contributed by atoms with E-state index < -0.39 is 0 Å². The summed E-state index contributed by atoms with van der Waals surface area (Å²) in [5.74, 6) is 2.52. The lowest BCUT2D eigenvalue weighted by Crippen LogP contribution is -2.41. The largest absolute Gasteiger partial charge is 0.374 e. The first-order valence-corrected chi connectivity index (χ1v) is 10.2. The molecule has 4 rings (SSSR count). The fraction of sp³-hybridized carbons (Fsp3) is 0.778. The molecule has 3 aliphatic heterocycles. The van der Waals surface area contributed by atoms with E-state index in [9.17, 15) is 0 Å². The third kappa shape index (κ3) is 3.98. The van der Waals surface area contributed by atoms with Crippen LogP contribution in [0.1, 0.15) is 36.6 Å². The monoisotopic (exact) mass is 476 g/mol. The quantitative estimate of drug-likeness (QED) is 0.404. The fourth-order valence-electron chi connectivity index (χ4n) is 4.44. The van der Waals surface area contributed by atoms with Gasteiger partial charge in [-0.2, -0.15) is 0 Å². The average molecular weight is 476 g/mol.